The van der Waals surface area contributed by atoms with Crippen molar-refractivity contribution in [2.75, 3.05) is 97.8 Å². The van der Waals surface area contributed by atoms with E-state index >= 15 is 0 Å². The summed E-state index contributed by atoms with van der Waals surface area (Å²) >= 11 is 0. The van der Waals surface area contributed by atoms with Gasteiger partial charge in [0.25, 0.3) is 11.8 Å². The quantitative estimate of drug-likeness (QED) is 0.0423. The predicted molar refractivity (Wildman–Crippen MR) is 227 cm³/mol. The van der Waals surface area contributed by atoms with Crippen molar-refractivity contribution >= 4 is 35.3 Å². The van der Waals surface area contributed by atoms with Crippen LogP contribution < -0.4 is 10.6 Å². The second-order valence-corrected chi connectivity index (χ2v) is 15.2. The van der Waals surface area contributed by atoms with Gasteiger partial charge in [-0.05, 0) is 25.0 Å². The van der Waals surface area contributed by atoms with E-state index in [-0.39, 0.29) is 36.5 Å². The number of unbranched alkanes of at least 4 members (excludes halogenated alkanes) is 14. The van der Waals surface area contributed by atoms with Crippen molar-refractivity contribution in [1.82, 2.24) is 10.2 Å². The maximum Gasteiger partial charge on any atom is 0.305 e. The fourth-order valence-electron chi connectivity index (χ4n) is 7.05. The highest BCUT2D eigenvalue weighted by molar-refractivity contribution is 6.25. The van der Waals surface area contributed by atoms with E-state index in [1.807, 2.05) is 0 Å². The standard InChI is InChI=1S/C45H73N3O12/c1-2-3-4-5-6-7-8-9-10-11-12-13-14-15-16-20-41(50)60-36-35-59-34-33-58-32-31-57-30-29-56-28-27-55-26-25-54-24-23-46-38-19-17-18-37-42(38)45(53)48(44(37)52)39-21-22-40(49)47-43(39)51/h17-19,39,46H,2-16,20-36H2,1H3,(H,47,49,51). The zero-order valence-corrected chi connectivity index (χ0v) is 36.3. The Kier molecular flexibility index (Phi) is 28.1. The molecule has 60 heavy (non-hydrogen) atoms. The highest BCUT2D eigenvalue weighted by Crippen LogP contribution is 2.32. The van der Waals surface area contributed by atoms with Gasteiger partial charge in [-0.2, -0.15) is 0 Å². The molecule has 1 aromatic rings. The van der Waals surface area contributed by atoms with Crippen LogP contribution in [-0.4, -0.2) is 133 Å². The van der Waals surface area contributed by atoms with E-state index in [4.69, 9.17) is 33.2 Å². The lowest BCUT2D eigenvalue weighted by atomic mass is 10.0. The number of fused-ring (bicyclic) bond motifs is 1. The van der Waals surface area contributed by atoms with Gasteiger partial charge in [0.15, 0.2) is 0 Å². The third kappa shape index (κ3) is 21.4. The Hall–Kier alpha value is -3.47. The number of hydrogen-bond acceptors (Lipinski definition) is 13. The van der Waals surface area contributed by atoms with Crippen molar-refractivity contribution < 1.29 is 57.1 Å². The summed E-state index contributed by atoms with van der Waals surface area (Å²) in [5.74, 6) is -2.31. The molecule has 340 valence electrons. The number of ether oxygens (including phenoxy) is 7. The lowest BCUT2D eigenvalue weighted by Crippen LogP contribution is -2.54. The van der Waals surface area contributed by atoms with Crippen LogP contribution in [0.2, 0.25) is 0 Å². The van der Waals surface area contributed by atoms with E-state index in [1.54, 1.807) is 18.2 Å². The molecule has 15 nitrogen and oxygen atoms in total. The molecule has 2 aliphatic heterocycles. The van der Waals surface area contributed by atoms with Gasteiger partial charge in [0.2, 0.25) is 11.8 Å². The highest BCUT2D eigenvalue weighted by Gasteiger charge is 2.45. The lowest BCUT2D eigenvalue weighted by molar-refractivity contribution is -0.145. The van der Waals surface area contributed by atoms with Crippen LogP contribution in [0.15, 0.2) is 18.2 Å². The van der Waals surface area contributed by atoms with Crippen molar-refractivity contribution in [3.05, 3.63) is 29.3 Å². The Labute approximate surface area is 357 Å². The molecule has 2 N–H and O–H groups in total. The molecule has 1 unspecified atom stereocenters. The Morgan fingerprint density at radius 1 is 0.617 bits per heavy atom. The van der Waals surface area contributed by atoms with Gasteiger partial charge < -0.3 is 38.5 Å². The van der Waals surface area contributed by atoms with Crippen LogP contribution >= 0.6 is 0 Å². The van der Waals surface area contributed by atoms with Crippen LogP contribution in [0, 0.1) is 0 Å². The smallest absolute Gasteiger partial charge is 0.305 e. The molecule has 0 aliphatic carbocycles. The van der Waals surface area contributed by atoms with Crippen LogP contribution in [0.25, 0.3) is 0 Å². The predicted octanol–water partition coefficient (Wildman–Crippen LogP) is 6.40. The minimum atomic E-state index is -1.01. The molecule has 3 rings (SSSR count). The van der Waals surface area contributed by atoms with Crippen molar-refractivity contribution in [3.8, 4) is 0 Å². The van der Waals surface area contributed by atoms with Gasteiger partial charge in [-0.25, -0.2) is 0 Å². The largest absolute Gasteiger partial charge is 0.463 e. The first-order valence-electron chi connectivity index (χ1n) is 22.6. The number of nitrogens with one attached hydrogen (secondary N) is 2. The van der Waals surface area contributed by atoms with E-state index in [1.165, 1.54) is 83.5 Å². The molecule has 15 heteroatoms. The molecule has 1 aromatic carbocycles. The van der Waals surface area contributed by atoms with Crippen molar-refractivity contribution in [1.29, 1.82) is 0 Å². The fraction of sp³-hybridized carbons (Fsp3) is 0.756. The third-order valence-electron chi connectivity index (χ3n) is 10.4. The molecule has 2 heterocycles. The highest BCUT2D eigenvalue weighted by atomic mass is 16.6. The molecule has 2 aliphatic rings. The summed E-state index contributed by atoms with van der Waals surface area (Å²) < 4.78 is 38.4. The molecular weight excluding hydrogens is 775 g/mol. The number of amides is 4. The third-order valence-corrected chi connectivity index (χ3v) is 10.4. The molecular formula is C45H73N3O12. The monoisotopic (exact) mass is 848 g/mol. The van der Waals surface area contributed by atoms with E-state index in [2.05, 4.69) is 17.6 Å². The van der Waals surface area contributed by atoms with E-state index in [0.29, 0.717) is 97.9 Å². The maximum absolute atomic E-state index is 13.2. The van der Waals surface area contributed by atoms with Gasteiger partial charge in [-0.3, -0.25) is 34.2 Å². The first-order chi connectivity index (χ1) is 29.4. The molecule has 0 aromatic heterocycles. The molecule has 1 atom stereocenters. The first kappa shape index (κ1) is 50.9. The Morgan fingerprint density at radius 3 is 1.58 bits per heavy atom. The molecule has 1 fully saturated rings. The van der Waals surface area contributed by atoms with Crippen LogP contribution in [0.4, 0.5) is 5.69 Å². The molecule has 4 amide bonds. The Morgan fingerprint density at radius 2 is 1.08 bits per heavy atom. The van der Waals surface area contributed by atoms with Crippen LogP contribution in [0.3, 0.4) is 0 Å². The number of benzene rings is 1. The summed E-state index contributed by atoms with van der Waals surface area (Å²) in [4.78, 5) is 62.9. The molecule has 0 radical (unpaired) electrons. The summed E-state index contributed by atoms with van der Waals surface area (Å²) in [6.45, 7) is 7.87. The van der Waals surface area contributed by atoms with E-state index in [9.17, 15) is 24.0 Å². The summed E-state index contributed by atoms with van der Waals surface area (Å²) in [6.07, 6.45) is 20.2. The minimum absolute atomic E-state index is 0.0661. The van der Waals surface area contributed by atoms with Crippen LogP contribution in [-0.2, 0) is 47.5 Å². The number of anilines is 1. The lowest BCUT2D eigenvalue weighted by Gasteiger charge is -2.27. The normalized spacial score (nSPS) is 15.2. The average Bonchev–Trinajstić information content (AvgIpc) is 3.50. The average molecular weight is 848 g/mol. The summed E-state index contributed by atoms with van der Waals surface area (Å²) in [5, 5.41) is 5.34. The van der Waals surface area contributed by atoms with Gasteiger partial charge in [0.1, 0.15) is 12.6 Å². The van der Waals surface area contributed by atoms with E-state index in [0.717, 1.165) is 17.7 Å². The summed E-state index contributed by atoms with van der Waals surface area (Å²) in [5.41, 5.74) is 0.910. The summed E-state index contributed by atoms with van der Waals surface area (Å²) in [6, 6.07) is 3.91. The van der Waals surface area contributed by atoms with Crippen molar-refractivity contribution in [3.63, 3.8) is 0 Å². The number of hydrogen-bond donors (Lipinski definition) is 2. The maximum atomic E-state index is 13.2. The minimum Gasteiger partial charge on any atom is -0.463 e. The second kappa shape index (κ2) is 33.2. The van der Waals surface area contributed by atoms with Crippen LogP contribution in [0.5, 0.6) is 0 Å². The molecule has 1 saturated heterocycles. The van der Waals surface area contributed by atoms with Gasteiger partial charge in [-0.1, -0.05) is 103 Å². The number of carbonyl (C=O) groups excluding carboxylic acids is 5. The summed E-state index contributed by atoms with van der Waals surface area (Å²) in [7, 11) is 0. The number of rotatable bonds is 39. The molecule has 0 bridgehead atoms. The number of esters is 1. The molecule has 0 spiro atoms. The van der Waals surface area contributed by atoms with Crippen LogP contribution in [0.1, 0.15) is 143 Å². The number of nitrogens with zero attached hydrogens (tertiary/aromatic N) is 1. The topological polar surface area (TPSA) is 177 Å². The number of imide groups is 2. The van der Waals surface area contributed by atoms with E-state index < -0.39 is 29.7 Å². The van der Waals surface area contributed by atoms with Gasteiger partial charge in [-0.15, -0.1) is 0 Å². The SMILES string of the molecule is CCCCCCCCCCCCCCCCCC(=O)OCCOCCOCCOCCOCCOCCOCCNc1cccc2c1C(=O)N(C1CCC(=O)NC1=O)C2=O. The number of carbonyl (C=O) groups is 5. The second-order valence-electron chi connectivity index (χ2n) is 15.2. The zero-order valence-electron chi connectivity index (χ0n) is 36.3. The van der Waals surface area contributed by atoms with Gasteiger partial charge in [0, 0.05) is 25.1 Å². The van der Waals surface area contributed by atoms with Crippen molar-refractivity contribution in [2.45, 2.75) is 129 Å². The van der Waals surface area contributed by atoms with Gasteiger partial charge >= 0.3 is 5.97 Å². The Balaban J connectivity index is 0.997. The first-order valence-corrected chi connectivity index (χ1v) is 22.6. The van der Waals surface area contributed by atoms with Gasteiger partial charge in [0.05, 0.1) is 90.4 Å². The molecule has 0 saturated carbocycles. The van der Waals surface area contributed by atoms with Crippen molar-refractivity contribution in [2.24, 2.45) is 0 Å². The fourth-order valence-corrected chi connectivity index (χ4v) is 7.05. The number of piperidine rings is 1. The Bertz CT molecular complexity index is 1380. The zero-order chi connectivity index (χ0) is 42.9.